The molecule has 0 radical (unpaired) electrons. The highest BCUT2D eigenvalue weighted by molar-refractivity contribution is 7.92. The predicted octanol–water partition coefficient (Wildman–Crippen LogP) is 5.87. The van der Waals surface area contributed by atoms with Crippen LogP contribution in [0.5, 0.6) is 5.75 Å². The summed E-state index contributed by atoms with van der Waals surface area (Å²) in [5, 5.41) is 58.6. The molecule has 4 aliphatic rings. The van der Waals surface area contributed by atoms with Gasteiger partial charge in [-0.1, -0.05) is 38.5 Å². The molecule has 0 unspecified atom stereocenters. The van der Waals surface area contributed by atoms with Crippen LogP contribution >= 0.6 is 11.6 Å². The van der Waals surface area contributed by atoms with Gasteiger partial charge in [-0.25, -0.2) is 18.2 Å². The van der Waals surface area contributed by atoms with Crippen molar-refractivity contribution >= 4 is 56.4 Å². The van der Waals surface area contributed by atoms with E-state index in [1.807, 2.05) is 26.8 Å². The first-order valence-corrected chi connectivity index (χ1v) is 19.9. The number of nitrogens with zero attached hydrogens (tertiary/aromatic N) is 3. The molecule has 1 aromatic heterocycles. The molecule has 0 amide bonds. The summed E-state index contributed by atoms with van der Waals surface area (Å²) < 4.78 is 27.0. The van der Waals surface area contributed by atoms with Crippen molar-refractivity contribution in [2.45, 2.75) is 67.9 Å². The molecular formula is C40H43ClN4O10S. The van der Waals surface area contributed by atoms with E-state index >= 15 is 0 Å². The summed E-state index contributed by atoms with van der Waals surface area (Å²) in [7, 11) is -3.79. The number of hydrogen-bond acceptors (Lipinski definition) is 12. The van der Waals surface area contributed by atoms with E-state index in [1.165, 1.54) is 60.8 Å². The zero-order chi connectivity index (χ0) is 40.8. The molecule has 296 valence electrons. The number of pyridine rings is 1. The number of anilines is 1. The molecule has 0 bridgehead atoms. The summed E-state index contributed by atoms with van der Waals surface area (Å²) in [4.78, 5) is 38.5. The summed E-state index contributed by atoms with van der Waals surface area (Å²) >= 11 is 7.30. The number of hydrogen-bond donors (Lipinski definition) is 6. The van der Waals surface area contributed by atoms with Crippen molar-refractivity contribution in [1.82, 2.24) is 4.98 Å². The third-order valence-electron chi connectivity index (χ3n) is 12.3. The number of rotatable bonds is 8. The van der Waals surface area contributed by atoms with Crippen LogP contribution in [0.25, 0.3) is 0 Å². The molecule has 0 aliphatic heterocycles. The normalized spacial score (nSPS) is 32.0. The number of carboxylic acids is 1. The van der Waals surface area contributed by atoms with Crippen LogP contribution in [0, 0.1) is 28.6 Å². The van der Waals surface area contributed by atoms with Gasteiger partial charge in [-0.15, -0.1) is 11.6 Å². The highest BCUT2D eigenvalue weighted by Crippen LogP contribution is 2.71. The van der Waals surface area contributed by atoms with E-state index in [0.717, 1.165) is 5.57 Å². The first-order valence-electron chi connectivity index (χ1n) is 18.0. The molecule has 2 aromatic carbocycles. The number of aromatic carboxylic acids is 1. The van der Waals surface area contributed by atoms with Crippen molar-refractivity contribution < 1.29 is 48.3 Å². The number of phenols is 1. The summed E-state index contributed by atoms with van der Waals surface area (Å²) in [6.07, 6.45) is 7.70. The lowest BCUT2D eigenvalue weighted by atomic mass is 9.45. The molecule has 4 aliphatic carbocycles. The van der Waals surface area contributed by atoms with Crippen molar-refractivity contribution in [3.8, 4) is 5.75 Å². The van der Waals surface area contributed by atoms with E-state index < -0.39 is 55.8 Å². The number of aromatic nitrogens is 1. The van der Waals surface area contributed by atoms with Crippen LogP contribution < -0.4 is 4.72 Å². The molecule has 8 atom stereocenters. The maximum atomic E-state index is 12.6. The number of ketones is 2. The largest absolute Gasteiger partial charge is 0.507 e. The number of halogens is 1. The maximum Gasteiger partial charge on any atom is 0.339 e. The summed E-state index contributed by atoms with van der Waals surface area (Å²) in [5.74, 6) is -2.61. The van der Waals surface area contributed by atoms with Crippen molar-refractivity contribution in [2.24, 2.45) is 38.8 Å². The number of benzene rings is 2. The number of alkyl halides is 1. The molecule has 0 saturated heterocycles. The van der Waals surface area contributed by atoms with Crippen LogP contribution in [-0.4, -0.2) is 79.7 Å². The Morgan fingerprint density at radius 3 is 2.36 bits per heavy atom. The predicted molar refractivity (Wildman–Crippen MR) is 205 cm³/mol. The Morgan fingerprint density at radius 2 is 1.71 bits per heavy atom. The number of sulfonamides is 1. The first-order chi connectivity index (χ1) is 26.3. The van der Waals surface area contributed by atoms with Crippen LogP contribution in [0.3, 0.4) is 0 Å². The Morgan fingerprint density at radius 1 is 1.04 bits per heavy atom. The Bertz CT molecular complexity index is 2250. The topological polar surface area (TPSA) is 236 Å². The fourth-order valence-corrected chi connectivity index (χ4v) is 11.0. The standard InChI is InChI=1S/C22H29ClO5.C18H14N4O5S/c1-12-8-16-15-5-4-13-9-14(25)6-7-19(13,2)21(15,23)17(26)10-20(16,3)22(12,28)18(27)11-24;23-16-9-6-13(11-15(16)18(24)25)21-20-12-4-7-14(8-5-12)28(26,27)22-17-3-1-2-10-19-17/h6-7,9,12,15-17,24,26,28H,4-5,8,10-11H2,1-3H3;1-11,23H,(H,19,22)(H,24,25)/b;21-20+/t12-,15-,16-,17-,19-,20-,21-,22-;/m0./s1. The van der Waals surface area contributed by atoms with Gasteiger partial charge >= 0.3 is 5.97 Å². The molecule has 3 saturated carbocycles. The molecule has 56 heavy (non-hydrogen) atoms. The summed E-state index contributed by atoms with van der Waals surface area (Å²) in [5.41, 5.74) is -1.95. The van der Waals surface area contributed by atoms with Gasteiger partial charge in [0, 0.05) is 17.0 Å². The number of carbonyl (C=O) groups is 3. The molecular weight excluding hydrogens is 764 g/mol. The number of carboxylic acid groups (broad SMARTS) is 1. The van der Waals surface area contributed by atoms with Crippen molar-refractivity contribution in [2.75, 3.05) is 11.3 Å². The minimum absolute atomic E-state index is 0.0231. The minimum Gasteiger partial charge on any atom is -0.507 e. The molecule has 16 heteroatoms. The highest BCUT2D eigenvalue weighted by atomic mass is 35.5. The average molecular weight is 807 g/mol. The number of aliphatic hydroxyl groups is 3. The van der Waals surface area contributed by atoms with E-state index in [2.05, 4.69) is 19.9 Å². The van der Waals surface area contributed by atoms with Crippen LogP contribution in [0.4, 0.5) is 17.2 Å². The molecule has 14 nitrogen and oxygen atoms in total. The van der Waals surface area contributed by atoms with E-state index in [1.54, 1.807) is 18.2 Å². The number of azo groups is 1. The zero-order valence-corrected chi connectivity index (χ0v) is 32.4. The number of allylic oxidation sites excluding steroid dienone is 4. The Labute approximate surface area is 328 Å². The lowest BCUT2D eigenvalue weighted by molar-refractivity contribution is -0.179. The number of Topliss-reactive ketones (excluding diaryl/α,β-unsaturated/α-hetero) is 1. The SMILES string of the molecule is C[C@H]1C[C@H]2[C@@H]3CCC4=CC(=O)C=C[C@]4(C)[C@@]3(Cl)[C@@H](O)C[C@]2(C)[C@@]1(O)C(=O)CO.O=C(O)c1cc(/N=N/c2ccc(S(=O)(=O)Nc3ccccn3)cc2)ccc1O. The maximum absolute atomic E-state index is 12.6. The smallest absolute Gasteiger partial charge is 0.339 e. The highest BCUT2D eigenvalue weighted by Gasteiger charge is 2.74. The van der Waals surface area contributed by atoms with Crippen LogP contribution in [-0.2, 0) is 19.6 Å². The third-order valence-corrected chi connectivity index (χ3v) is 14.6. The zero-order valence-electron chi connectivity index (χ0n) is 30.8. The second-order valence-electron chi connectivity index (χ2n) is 15.3. The van der Waals surface area contributed by atoms with E-state index in [4.69, 9.17) is 16.7 Å². The van der Waals surface area contributed by atoms with Gasteiger partial charge in [0.05, 0.1) is 27.2 Å². The minimum atomic E-state index is -3.79. The van der Waals surface area contributed by atoms with Gasteiger partial charge in [0.1, 0.15) is 29.3 Å². The second kappa shape index (κ2) is 14.9. The molecule has 3 aromatic rings. The molecule has 3 fully saturated rings. The van der Waals surface area contributed by atoms with Gasteiger partial charge in [-0.05, 0) is 110 Å². The number of aliphatic hydroxyl groups excluding tert-OH is 2. The summed E-state index contributed by atoms with van der Waals surface area (Å²) in [6.45, 7) is 4.97. The van der Waals surface area contributed by atoms with Gasteiger partial charge in [0.15, 0.2) is 11.6 Å². The fourth-order valence-electron chi connectivity index (χ4n) is 9.45. The number of carbonyl (C=O) groups excluding carboxylic acids is 2. The van der Waals surface area contributed by atoms with Crippen LogP contribution in [0.1, 0.15) is 56.8 Å². The van der Waals surface area contributed by atoms with Crippen molar-refractivity contribution in [3.05, 3.63) is 96.2 Å². The quantitative estimate of drug-likeness (QED) is 0.116. The van der Waals surface area contributed by atoms with Gasteiger partial charge in [-0.3, -0.25) is 14.3 Å². The van der Waals surface area contributed by atoms with Crippen molar-refractivity contribution in [3.63, 3.8) is 0 Å². The Kier molecular flexibility index (Phi) is 10.9. The lowest BCUT2D eigenvalue weighted by Gasteiger charge is -2.63. The summed E-state index contributed by atoms with van der Waals surface area (Å²) in [6, 6.07) is 14.3. The second-order valence-corrected chi connectivity index (χ2v) is 17.6. The Hall–Kier alpha value is -4.80. The van der Waals surface area contributed by atoms with Crippen molar-refractivity contribution in [1.29, 1.82) is 0 Å². The molecule has 0 spiro atoms. The van der Waals surface area contributed by atoms with E-state index in [0.29, 0.717) is 24.9 Å². The number of aromatic hydroxyl groups is 1. The monoisotopic (exact) mass is 806 g/mol. The third kappa shape index (κ3) is 6.74. The lowest BCUT2D eigenvalue weighted by Crippen LogP contribution is -2.69. The van der Waals surface area contributed by atoms with E-state index in [9.17, 15) is 43.2 Å². The molecule has 7 rings (SSSR count). The van der Waals surface area contributed by atoms with Gasteiger partial charge in [0.25, 0.3) is 10.0 Å². The first kappa shape index (κ1) is 40.9. The number of nitrogens with one attached hydrogen (secondary N) is 1. The van der Waals surface area contributed by atoms with Gasteiger partial charge < -0.3 is 25.5 Å². The van der Waals surface area contributed by atoms with Gasteiger partial charge in [-0.2, -0.15) is 10.2 Å². The fraction of sp³-hybridized carbons (Fsp3) is 0.400. The molecule has 6 N–H and O–H groups in total. The van der Waals surface area contributed by atoms with Gasteiger partial charge in [0.2, 0.25) is 0 Å². The molecule has 1 heterocycles. The number of fused-ring (bicyclic) bond motifs is 5. The van der Waals surface area contributed by atoms with E-state index in [-0.39, 0.29) is 57.7 Å². The van der Waals surface area contributed by atoms with Crippen LogP contribution in [0.2, 0.25) is 0 Å². The Balaban J connectivity index is 0.000000190. The van der Waals surface area contributed by atoms with Crippen LogP contribution in [0.15, 0.2) is 106 Å². The average Bonchev–Trinajstić information content (AvgIpc) is 3.36.